The zero-order chi connectivity index (χ0) is 15.9. The molecule has 2 aromatic rings. The molecule has 2 heterocycles. The number of aromatic nitrogens is 3. The summed E-state index contributed by atoms with van der Waals surface area (Å²) < 4.78 is 1.62. The molecule has 0 bridgehead atoms. The highest BCUT2D eigenvalue weighted by molar-refractivity contribution is 6.07. The van der Waals surface area contributed by atoms with Crippen molar-refractivity contribution in [1.82, 2.24) is 19.7 Å². The van der Waals surface area contributed by atoms with E-state index in [0.717, 1.165) is 0 Å². The molecule has 7 heteroatoms. The number of nitrogens with zero attached hydrogens (tertiary/aromatic N) is 4. The first-order valence-electron chi connectivity index (χ1n) is 6.55. The first-order chi connectivity index (χ1) is 9.73. The molecule has 1 N–H and O–H groups in total. The SMILES string of the molecule is Cc1cc(C(=O)N(C)C(C)C(=O)O)c2c(C)nn(C)c2n1. The first-order valence-corrected chi connectivity index (χ1v) is 6.55. The lowest BCUT2D eigenvalue weighted by atomic mass is 10.1. The maximum absolute atomic E-state index is 12.6. The largest absolute Gasteiger partial charge is 0.480 e. The molecule has 21 heavy (non-hydrogen) atoms. The number of fused-ring (bicyclic) bond motifs is 1. The Bertz CT molecular complexity index is 735. The number of aryl methyl sites for hydroxylation is 3. The third-order valence-electron chi connectivity index (χ3n) is 3.59. The summed E-state index contributed by atoms with van der Waals surface area (Å²) in [6.07, 6.45) is 0. The Morgan fingerprint density at radius 3 is 2.57 bits per heavy atom. The number of hydrogen-bond donors (Lipinski definition) is 1. The fourth-order valence-electron chi connectivity index (χ4n) is 2.27. The maximum atomic E-state index is 12.6. The van der Waals surface area contributed by atoms with Crippen LogP contribution in [0.2, 0.25) is 0 Å². The minimum Gasteiger partial charge on any atom is -0.480 e. The minimum absolute atomic E-state index is 0.350. The molecule has 0 spiro atoms. The van der Waals surface area contributed by atoms with E-state index in [1.807, 2.05) is 0 Å². The second-order valence-corrected chi connectivity index (χ2v) is 5.15. The van der Waals surface area contributed by atoms with Crippen LogP contribution in [0.25, 0.3) is 11.0 Å². The van der Waals surface area contributed by atoms with Crippen molar-refractivity contribution >= 4 is 22.9 Å². The predicted octanol–water partition coefficient (Wildman–Crippen LogP) is 1.13. The standard InChI is InChI=1S/C14H18N4O3/c1-7-6-10(13(19)17(4)9(3)14(20)21)11-8(2)16-18(5)12(11)15-7/h6,9H,1-5H3,(H,20,21). The van der Waals surface area contributed by atoms with E-state index >= 15 is 0 Å². The zero-order valence-electron chi connectivity index (χ0n) is 12.7. The zero-order valence-corrected chi connectivity index (χ0v) is 12.7. The summed E-state index contributed by atoms with van der Waals surface area (Å²) in [7, 11) is 3.24. The van der Waals surface area contributed by atoms with E-state index in [1.54, 1.807) is 31.6 Å². The Labute approximate surface area is 122 Å². The van der Waals surface area contributed by atoms with Crippen molar-refractivity contribution in [2.45, 2.75) is 26.8 Å². The summed E-state index contributed by atoms with van der Waals surface area (Å²) in [4.78, 5) is 29.3. The van der Waals surface area contributed by atoms with Crippen LogP contribution in [0.5, 0.6) is 0 Å². The number of carboxylic acids is 1. The van der Waals surface area contributed by atoms with Crippen LogP contribution in [-0.4, -0.2) is 49.7 Å². The maximum Gasteiger partial charge on any atom is 0.326 e. The fraction of sp³-hybridized carbons (Fsp3) is 0.429. The van der Waals surface area contributed by atoms with Gasteiger partial charge in [-0.25, -0.2) is 9.78 Å². The number of pyridine rings is 1. The third kappa shape index (κ3) is 2.46. The number of amides is 1. The van der Waals surface area contributed by atoms with Crippen LogP contribution in [0.3, 0.4) is 0 Å². The Hall–Kier alpha value is -2.44. The van der Waals surface area contributed by atoms with Gasteiger partial charge in [-0.3, -0.25) is 9.48 Å². The van der Waals surface area contributed by atoms with Gasteiger partial charge >= 0.3 is 5.97 Å². The molecule has 0 aliphatic heterocycles. The average Bonchev–Trinajstić information content (AvgIpc) is 2.70. The topological polar surface area (TPSA) is 88.3 Å². The van der Waals surface area contributed by atoms with Crippen molar-refractivity contribution in [2.24, 2.45) is 7.05 Å². The van der Waals surface area contributed by atoms with Gasteiger partial charge in [-0.1, -0.05) is 0 Å². The minimum atomic E-state index is -1.05. The normalized spacial score (nSPS) is 12.4. The van der Waals surface area contributed by atoms with Crippen LogP contribution in [-0.2, 0) is 11.8 Å². The quantitative estimate of drug-likeness (QED) is 0.915. The van der Waals surface area contributed by atoms with Gasteiger partial charge in [-0.05, 0) is 26.8 Å². The molecule has 0 aliphatic carbocycles. The van der Waals surface area contributed by atoms with Crippen molar-refractivity contribution in [1.29, 1.82) is 0 Å². The summed E-state index contributed by atoms with van der Waals surface area (Å²) in [6.45, 7) is 5.07. The van der Waals surface area contributed by atoms with Crippen molar-refractivity contribution in [3.8, 4) is 0 Å². The summed E-state index contributed by atoms with van der Waals surface area (Å²) in [6, 6.07) is 0.766. The smallest absolute Gasteiger partial charge is 0.326 e. The number of likely N-dealkylation sites (N-methyl/N-ethyl adjacent to an activating group) is 1. The molecule has 2 aromatic heterocycles. The molecule has 0 radical (unpaired) electrons. The van der Waals surface area contributed by atoms with Gasteiger partial charge in [0.25, 0.3) is 5.91 Å². The third-order valence-corrected chi connectivity index (χ3v) is 3.59. The van der Waals surface area contributed by atoms with Crippen LogP contribution in [0.1, 0.15) is 28.7 Å². The van der Waals surface area contributed by atoms with Gasteiger partial charge in [0, 0.05) is 19.8 Å². The van der Waals surface area contributed by atoms with Crippen LogP contribution in [0, 0.1) is 13.8 Å². The lowest BCUT2D eigenvalue weighted by molar-refractivity contribution is -0.141. The summed E-state index contributed by atoms with van der Waals surface area (Å²) in [5, 5.41) is 14.0. The van der Waals surface area contributed by atoms with Crippen molar-refractivity contribution < 1.29 is 14.7 Å². The number of aliphatic carboxylic acids is 1. The number of rotatable bonds is 3. The average molecular weight is 290 g/mol. The molecule has 2 rings (SSSR count). The van der Waals surface area contributed by atoms with Gasteiger partial charge in [0.15, 0.2) is 5.65 Å². The molecule has 1 unspecified atom stereocenters. The second-order valence-electron chi connectivity index (χ2n) is 5.15. The molecule has 0 fully saturated rings. The number of carbonyl (C=O) groups is 2. The summed E-state index contributed by atoms with van der Waals surface area (Å²) in [5.41, 5.74) is 2.43. The summed E-state index contributed by atoms with van der Waals surface area (Å²) >= 11 is 0. The molecule has 0 saturated heterocycles. The van der Waals surface area contributed by atoms with Crippen molar-refractivity contribution in [3.63, 3.8) is 0 Å². The summed E-state index contributed by atoms with van der Waals surface area (Å²) in [5.74, 6) is -1.40. The van der Waals surface area contributed by atoms with E-state index in [1.165, 1.54) is 18.9 Å². The molecule has 0 aliphatic rings. The van der Waals surface area contributed by atoms with E-state index in [0.29, 0.717) is 28.0 Å². The fourth-order valence-corrected chi connectivity index (χ4v) is 2.27. The lowest BCUT2D eigenvalue weighted by Gasteiger charge is -2.22. The molecule has 0 aromatic carbocycles. The van der Waals surface area contributed by atoms with Gasteiger partial charge in [-0.2, -0.15) is 5.10 Å². The number of carbonyl (C=O) groups excluding carboxylic acids is 1. The molecular formula is C14H18N4O3. The van der Waals surface area contributed by atoms with E-state index in [-0.39, 0.29) is 5.91 Å². The van der Waals surface area contributed by atoms with Crippen LogP contribution >= 0.6 is 0 Å². The van der Waals surface area contributed by atoms with E-state index in [9.17, 15) is 9.59 Å². The number of carboxylic acid groups (broad SMARTS) is 1. The molecule has 1 amide bonds. The highest BCUT2D eigenvalue weighted by Crippen LogP contribution is 2.23. The Morgan fingerprint density at radius 1 is 1.38 bits per heavy atom. The van der Waals surface area contributed by atoms with E-state index < -0.39 is 12.0 Å². The van der Waals surface area contributed by atoms with Crippen LogP contribution in [0.4, 0.5) is 0 Å². The van der Waals surface area contributed by atoms with Crippen molar-refractivity contribution in [3.05, 3.63) is 23.0 Å². The highest BCUT2D eigenvalue weighted by atomic mass is 16.4. The highest BCUT2D eigenvalue weighted by Gasteiger charge is 2.26. The molecule has 112 valence electrons. The van der Waals surface area contributed by atoms with Crippen LogP contribution in [0.15, 0.2) is 6.07 Å². The molecule has 7 nitrogen and oxygen atoms in total. The van der Waals surface area contributed by atoms with E-state index in [2.05, 4.69) is 10.1 Å². The van der Waals surface area contributed by atoms with Gasteiger partial charge in [0.2, 0.25) is 0 Å². The molecule has 0 saturated carbocycles. The Kier molecular flexibility index (Phi) is 3.67. The van der Waals surface area contributed by atoms with Gasteiger partial charge in [-0.15, -0.1) is 0 Å². The van der Waals surface area contributed by atoms with Crippen molar-refractivity contribution in [2.75, 3.05) is 7.05 Å². The lowest BCUT2D eigenvalue weighted by Crippen LogP contribution is -2.40. The van der Waals surface area contributed by atoms with E-state index in [4.69, 9.17) is 5.11 Å². The Balaban J connectivity index is 2.61. The Morgan fingerprint density at radius 2 is 2.00 bits per heavy atom. The molecular weight excluding hydrogens is 272 g/mol. The number of hydrogen-bond acceptors (Lipinski definition) is 4. The predicted molar refractivity (Wildman–Crippen MR) is 77.2 cm³/mol. The van der Waals surface area contributed by atoms with Gasteiger partial charge < -0.3 is 10.0 Å². The van der Waals surface area contributed by atoms with Gasteiger partial charge in [0.05, 0.1) is 16.6 Å². The monoisotopic (exact) mass is 290 g/mol. The second kappa shape index (κ2) is 5.16. The van der Waals surface area contributed by atoms with Gasteiger partial charge in [0.1, 0.15) is 6.04 Å². The van der Waals surface area contributed by atoms with Crippen LogP contribution < -0.4 is 0 Å². The first kappa shape index (κ1) is 15.0. The molecule has 1 atom stereocenters.